The number of esters is 1. The van der Waals surface area contributed by atoms with Crippen molar-refractivity contribution in [3.8, 4) is 0 Å². The van der Waals surface area contributed by atoms with Crippen molar-refractivity contribution in [2.45, 2.75) is 39.5 Å². The summed E-state index contributed by atoms with van der Waals surface area (Å²) < 4.78 is 5.48. The average Bonchev–Trinajstić information content (AvgIpc) is 2.53. The molecule has 0 amide bonds. The van der Waals surface area contributed by atoms with Gasteiger partial charge in [0.2, 0.25) is 0 Å². The van der Waals surface area contributed by atoms with E-state index in [0.717, 1.165) is 23.6 Å². The molecule has 2 rings (SSSR count). The van der Waals surface area contributed by atoms with Gasteiger partial charge >= 0.3 is 5.97 Å². The van der Waals surface area contributed by atoms with Crippen LogP contribution in [-0.2, 0) is 4.74 Å². The molecular weight excluding hydrogens is 260 g/mol. The molecule has 0 bridgehead atoms. The maximum absolute atomic E-state index is 12.3. The van der Waals surface area contributed by atoms with Crippen molar-refractivity contribution in [3.63, 3.8) is 0 Å². The molecular formula is C19H24O2. The highest BCUT2D eigenvalue weighted by atomic mass is 16.5. The smallest absolute Gasteiger partial charge is 0.338 e. The van der Waals surface area contributed by atoms with E-state index in [1.165, 1.54) is 12.8 Å². The number of hydrogen-bond acceptors (Lipinski definition) is 2. The van der Waals surface area contributed by atoms with Crippen LogP contribution in [0.25, 0.3) is 10.8 Å². The van der Waals surface area contributed by atoms with Crippen molar-refractivity contribution in [1.29, 1.82) is 0 Å². The zero-order chi connectivity index (χ0) is 15.1. The Kier molecular flexibility index (Phi) is 5.79. The maximum atomic E-state index is 12.3. The third kappa shape index (κ3) is 4.07. The van der Waals surface area contributed by atoms with Crippen LogP contribution < -0.4 is 0 Å². The number of ether oxygens (including phenoxy) is 1. The van der Waals surface area contributed by atoms with Crippen LogP contribution in [0.5, 0.6) is 0 Å². The number of benzene rings is 2. The molecule has 2 nitrogen and oxygen atoms in total. The summed E-state index contributed by atoms with van der Waals surface area (Å²) in [6.07, 6.45) is 4.51. The van der Waals surface area contributed by atoms with E-state index in [1.807, 2.05) is 42.5 Å². The minimum atomic E-state index is -0.210. The topological polar surface area (TPSA) is 26.3 Å². The SMILES string of the molecule is CCCC(CC)CCOC(=O)c1cccc2ccccc12. The van der Waals surface area contributed by atoms with Crippen LogP contribution >= 0.6 is 0 Å². The van der Waals surface area contributed by atoms with Gasteiger partial charge < -0.3 is 4.74 Å². The molecule has 0 radical (unpaired) electrons. The molecule has 0 N–H and O–H groups in total. The van der Waals surface area contributed by atoms with Gasteiger partial charge in [-0.3, -0.25) is 0 Å². The van der Waals surface area contributed by atoms with E-state index >= 15 is 0 Å². The highest BCUT2D eigenvalue weighted by Crippen LogP contribution is 2.20. The van der Waals surface area contributed by atoms with Crippen LogP contribution in [0, 0.1) is 5.92 Å². The van der Waals surface area contributed by atoms with E-state index in [1.54, 1.807) is 0 Å². The molecule has 0 fully saturated rings. The van der Waals surface area contributed by atoms with Crippen molar-refractivity contribution in [2.24, 2.45) is 5.92 Å². The fourth-order valence-electron chi connectivity index (χ4n) is 2.76. The minimum Gasteiger partial charge on any atom is -0.462 e. The summed E-state index contributed by atoms with van der Waals surface area (Å²) in [6.45, 7) is 4.91. The van der Waals surface area contributed by atoms with E-state index in [0.29, 0.717) is 18.1 Å². The minimum absolute atomic E-state index is 0.210. The van der Waals surface area contributed by atoms with Gasteiger partial charge in [-0.1, -0.05) is 69.5 Å². The predicted molar refractivity (Wildman–Crippen MR) is 87.5 cm³/mol. The molecule has 2 heteroatoms. The second-order valence-electron chi connectivity index (χ2n) is 5.51. The highest BCUT2D eigenvalue weighted by Gasteiger charge is 2.12. The molecule has 0 aliphatic heterocycles. The van der Waals surface area contributed by atoms with Gasteiger partial charge in [-0.2, -0.15) is 0 Å². The zero-order valence-electron chi connectivity index (χ0n) is 13.0. The summed E-state index contributed by atoms with van der Waals surface area (Å²) in [7, 11) is 0. The lowest BCUT2D eigenvalue weighted by Gasteiger charge is -2.14. The molecule has 0 saturated heterocycles. The Bertz CT molecular complexity index is 584. The molecule has 2 aromatic rings. The monoisotopic (exact) mass is 284 g/mol. The van der Waals surface area contributed by atoms with E-state index in [9.17, 15) is 4.79 Å². The molecule has 0 spiro atoms. The Balaban J connectivity index is 1.99. The maximum Gasteiger partial charge on any atom is 0.338 e. The fourth-order valence-corrected chi connectivity index (χ4v) is 2.76. The second kappa shape index (κ2) is 7.82. The number of rotatable bonds is 7. The Hall–Kier alpha value is -1.83. The molecule has 21 heavy (non-hydrogen) atoms. The molecule has 1 unspecified atom stereocenters. The predicted octanol–water partition coefficient (Wildman–Crippen LogP) is 5.21. The first kappa shape index (κ1) is 15.6. The number of carbonyl (C=O) groups is 1. The number of carbonyl (C=O) groups excluding carboxylic acids is 1. The quantitative estimate of drug-likeness (QED) is 0.652. The van der Waals surface area contributed by atoms with Crippen molar-refractivity contribution >= 4 is 16.7 Å². The van der Waals surface area contributed by atoms with Gasteiger partial charge in [0.05, 0.1) is 12.2 Å². The number of hydrogen-bond donors (Lipinski definition) is 0. The molecule has 0 aliphatic carbocycles. The molecule has 0 heterocycles. The molecule has 0 saturated carbocycles. The summed E-state index contributed by atoms with van der Waals surface area (Å²) in [5.74, 6) is 0.452. The van der Waals surface area contributed by atoms with E-state index in [4.69, 9.17) is 4.74 Å². The number of fused-ring (bicyclic) bond motifs is 1. The third-order valence-electron chi connectivity index (χ3n) is 4.04. The summed E-state index contributed by atoms with van der Waals surface area (Å²) in [5, 5.41) is 2.04. The van der Waals surface area contributed by atoms with Crippen LogP contribution in [-0.4, -0.2) is 12.6 Å². The first-order valence-electron chi connectivity index (χ1n) is 7.91. The first-order chi connectivity index (χ1) is 10.3. The van der Waals surface area contributed by atoms with E-state index < -0.39 is 0 Å². The van der Waals surface area contributed by atoms with Crippen LogP contribution in [0.3, 0.4) is 0 Å². The molecule has 1 atom stereocenters. The van der Waals surface area contributed by atoms with Crippen molar-refractivity contribution in [3.05, 3.63) is 48.0 Å². The van der Waals surface area contributed by atoms with Gasteiger partial charge in [0.15, 0.2) is 0 Å². The van der Waals surface area contributed by atoms with Crippen molar-refractivity contribution in [2.75, 3.05) is 6.61 Å². The van der Waals surface area contributed by atoms with Gasteiger partial charge in [-0.25, -0.2) is 4.79 Å². The Morgan fingerprint density at radius 2 is 1.81 bits per heavy atom. The summed E-state index contributed by atoms with van der Waals surface area (Å²) in [6, 6.07) is 13.7. The van der Waals surface area contributed by atoms with Gasteiger partial charge in [-0.05, 0) is 29.2 Å². The largest absolute Gasteiger partial charge is 0.462 e. The van der Waals surface area contributed by atoms with Gasteiger partial charge in [-0.15, -0.1) is 0 Å². The zero-order valence-corrected chi connectivity index (χ0v) is 13.0. The van der Waals surface area contributed by atoms with Crippen molar-refractivity contribution in [1.82, 2.24) is 0 Å². The Morgan fingerprint density at radius 1 is 1.05 bits per heavy atom. The first-order valence-corrected chi connectivity index (χ1v) is 7.91. The lowest BCUT2D eigenvalue weighted by Crippen LogP contribution is -2.10. The summed E-state index contributed by atoms with van der Waals surface area (Å²) >= 11 is 0. The molecule has 0 aliphatic rings. The van der Waals surface area contributed by atoms with Gasteiger partial charge in [0.25, 0.3) is 0 Å². The van der Waals surface area contributed by atoms with Gasteiger partial charge in [0, 0.05) is 0 Å². The lowest BCUT2D eigenvalue weighted by atomic mass is 9.98. The lowest BCUT2D eigenvalue weighted by molar-refractivity contribution is 0.0482. The summed E-state index contributed by atoms with van der Waals surface area (Å²) in [5.41, 5.74) is 0.664. The van der Waals surface area contributed by atoms with Crippen LogP contribution in [0.2, 0.25) is 0 Å². The Morgan fingerprint density at radius 3 is 2.57 bits per heavy atom. The van der Waals surface area contributed by atoms with E-state index in [2.05, 4.69) is 13.8 Å². The third-order valence-corrected chi connectivity index (χ3v) is 4.04. The molecule has 2 aromatic carbocycles. The summed E-state index contributed by atoms with van der Waals surface area (Å²) in [4.78, 5) is 12.3. The fraction of sp³-hybridized carbons (Fsp3) is 0.421. The second-order valence-corrected chi connectivity index (χ2v) is 5.51. The molecule has 0 aromatic heterocycles. The standard InChI is InChI=1S/C19H24O2/c1-3-8-15(4-2)13-14-21-19(20)18-12-7-10-16-9-5-6-11-17(16)18/h5-7,9-12,15H,3-4,8,13-14H2,1-2H3. The normalized spacial score (nSPS) is 12.3. The molecule has 112 valence electrons. The van der Waals surface area contributed by atoms with Gasteiger partial charge in [0.1, 0.15) is 0 Å². The average molecular weight is 284 g/mol. The van der Waals surface area contributed by atoms with Crippen molar-refractivity contribution < 1.29 is 9.53 Å². The van der Waals surface area contributed by atoms with Crippen LogP contribution in [0.4, 0.5) is 0 Å². The van der Waals surface area contributed by atoms with Crippen LogP contribution in [0.1, 0.15) is 49.9 Å². The van der Waals surface area contributed by atoms with Crippen LogP contribution in [0.15, 0.2) is 42.5 Å². The van der Waals surface area contributed by atoms with E-state index in [-0.39, 0.29) is 5.97 Å². The highest BCUT2D eigenvalue weighted by molar-refractivity contribution is 6.04. The Labute approximate surface area is 127 Å².